The van der Waals surface area contributed by atoms with E-state index < -0.39 is 0 Å². The van der Waals surface area contributed by atoms with Crippen LogP contribution >= 0.6 is 0 Å². The molecule has 2 aromatic heterocycles. The molecule has 0 aliphatic heterocycles. The molecule has 0 radical (unpaired) electrons. The highest BCUT2D eigenvalue weighted by molar-refractivity contribution is 5.94. The van der Waals surface area contributed by atoms with Gasteiger partial charge in [-0.3, -0.25) is 15.4 Å². The first-order valence-electron chi connectivity index (χ1n) is 11.5. The number of rotatable bonds is 8. The van der Waals surface area contributed by atoms with Gasteiger partial charge in [0.15, 0.2) is 0 Å². The van der Waals surface area contributed by atoms with Crippen LogP contribution in [0.2, 0.25) is 0 Å². The van der Waals surface area contributed by atoms with Crippen molar-refractivity contribution in [1.82, 2.24) is 9.97 Å². The van der Waals surface area contributed by atoms with E-state index in [9.17, 15) is 10.4 Å². The van der Waals surface area contributed by atoms with Crippen LogP contribution in [0, 0.1) is 6.92 Å². The Morgan fingerprint density at radius 3 is 2.03 bits per heavy atom. The smallest absolute Gasteiger partial charge is 0.225 e. The lowest BCUT2D eigenvalue weighted by Gasteiger charge is -2.16. The van der Waals surface area contributed by atoms with Crippen LogP contribution in [0.15, 0.2) is 97.1 Å². The summed E-state index contributed by atoms with van der Waals surface area (Å²) in [5.74, 6) is 0.839. The Kier molecular flexibility index (Phi) is 6.75. The fourth-order valence-electron chi connectivity index (χ4n) is 4.00. The lowest BCUT2D eigenvalue weighted by atomic mass is 10.0. The van der Waals surface area contributed by atoms with Crippen molar-refractivity contribution >= 4 is 16.6 Å². The lowest BCUT2D eigenvalue weighted by Crippen LogP contribution is -2.11. The summed E-state index contributed by atoms with van der Waals surface area (Å²) in [6, 6.07) is 30.4. The molecular formula is C29H25N3O4. The van der Waals surface area contributed by atoms with Crippen LogP contribution in [0.5, 0.6) is 11.8 Å². The van der Waals surface area contributed by atoms with Crippen molar-refractivity contribution in [2.24, 2.45) is 0 Å². The van der Waals surface area contributed by atoms with Gasteiger partial charge in [0.25, 0.3) is 0 Å². The van der Waals surface area contributed by atoms with Crippen LogP contribution in [0.25, 0.3) is 22.0 Å². The predicted molar refractivity (Wildman–Crippen MR) is 137 cm³/mol. The van der Waals surface area contributed by atoms with Gasteiger partial charge in [0.2, 0.25) is 11.8 Å². The number of benzene rings is 3. The van der Waals surface area contributed by atoms with Gasteiger partial charge >= 0.3 is 0 Å². The summed E-state index contributed by atoms with van der Waals surface area (Å²) in [6.07, 6.45) is 0. The number of ether oxygens (including phenoxy) is 2. The number of nitrogens with zero attached hydrogens (tertiary/aromatic N) is 3. The number of aromatic nitrogens is 2. The molecule has 0 aliphatic carbocycles. The van der Waals surface area contributed by atoms with Crippen molar-refractivity contribution in [3.8, 4) is 22.9 Å². The van der Waals surface area contributed by atoms with Crippen molar-refractivity contribution in [1.29, 1.82) is 0 Å². The van der Waals surface area contributed by atoms with E-state index in [2.05, 4.69) is 9.97 Å². The Labute approximate surface area is 208 Å². The minimum atomic E-state index is 0.106. The second-order valence-electron chi connectivity index (χ2n) is 8.31. The van der Waals surface area contributed by atoms with E-state index in [1.54, 1.807) is 18.2 Å². The van der Waals surface area contributed by atoms with Crippen LogP contribution in [-0.2, 0) is 13.2 Å². The van der Waals surface area contributed by atoms with E-state index in [-0.39, 0.29) is 10.9 Å². The molecule has 2 N–H and O–H groups in total. The average Bonchev–Trinajstić information content (AvgIpc) is 2.91. The fraction of sp³-hybridized carbons (Fsp3) is 0.103. The Hall–Kier alpha value is -4.46. The Bertz CT molecular complexity index is 1470. The van der Waals surface area contributed by atoms with E-state index in [4.69, 9.17) is 9.47 Å². The Balaban J connectivity index is 1.54. The second-order valence-corrected chi connectivity index (χ2v) is 8.31. The normalized spacial score (nSPS) is 10.9. The molecule has 0 aliphatic rings. The maximum absolute atomic E-state index is 9.71. The van der Waals surface area contributed by atoms with E-state index >= 15 is 0 Å². The van der Waals surface area contributed by atoms with Gasteiger partial charge in [0.1, 0.15) is 18.9 Å². The number of anilines is 1. The van der Waals surface area contributed by atoms with Gasteiger partial charge in [-0.05, 0) is 42.3 Å². The molecule has 0 fully saturated rings. The average molecular weight is 480 g/mol. The molecule has 5 aromatic rings. The van der Waals surface area contributed by atoms with Crippen molar-refractivity contribution in [3.63, 3.8) is 0 Å². The van der Waals surface area contributed by atoms with Crippen LogP contribution < -0.4 is 14.7 Å². The largest absolute Gasteiger partial charge is 0.473 e. The molecule has 0 bridgehead atoms. The van der Waals surface area contributed by atoms with Gasteiger partial charge in [-0.15, -0.1) is 5.23 Å². The van der Waals surface area contributed by atoms with Crippen molar-refractivity contribution in [2.75, 3.05) is 5.23 Å². The minimum Gasteiger partial charge on any atom is -0.473 e. The van der Waals surface area contributed by atoms with Crippen LogP contribution in [0.4, 0.5) is 5.69 Å². The minimum absolute atomic E-state index is 0.106. The van der Waals surface area contributed by atoms with Gasteiger partial charge in [-0.2, -0.15) is 4.98 Å². The number of hydrogen-bond acceptors (Lipinski definition) is 7. The summed E-state index contributed by atoms with van der Waals surface area (Å²) in [4.78, 5) is 9.37. The fourth-order valence-corrected chi connectivity index (χ4v) is 4.00. The SMILES string of the molecule is Cc1nc2cccc(N(O)O)c2cc1-c1ccc(OCc2ccccc2)nc1OCc1ccccc1. The zero-order chi connectivity index (χ0) is 24.9. The molecule has 0 amide bonds. The van der Waals surface area contributed by atoms with Crippen LogP contribution in [0.3, 0.4) is 0 Å². The molecule has 180 valence electrons. The second kappa shape index (κ2) is 10.4. The molecule has 5 rings (SSSR count). The van der Waals surface area contributed by atoms with Gasteiger partial charge in [0.05, 0.1) is 5.52 Å². The number of pyridine rings is 2. The molecule has 2 heterocycles. The predicted octanol–water partition coefficient (Wildman–Crippen LogP) is 6.35. The molecule has 0 saturated heterocycles. The Morgan fingerprint density at radius 1 is 0.694 bits per heavy atom. The highest BCUT2D eigenvalue weighted by Crippen LogP contribution is 2.36. The molecule has 7 nitrogen and oxygen atoms in total. The zero-order valence-electron chi connectivity index (χ0n) is 19.7. The molecule has 0 atom stereocenters. The Morgan fingerprint density at radius 2 is 1.36 bits per heavy atom. The highest BCUT2D eigenvalue weighted by atomic mass is 16.8. The first kappa shape index (κ1) is 23.3. The third kappa shape index (κ3) is 5.12. The first-order chi connectivity index (χ1) is 17.6. The standard InChI is InChI=1S/C29H25N3O4/c1-20-24(17-25-26(30-20)13-8-14-27(25)32(33)34)23-15-16-28(35-18-21-9-4-2-5-10-21)31-29(23)36-19-22-11-6-3-7-12-22/h2-17,33-34H,18-19H2,1H3. The lowest BCUT2D eigenvalue weighted by molar-refractivity contribution is 0.0300. The van der Waals surface area contributed by atoms with E-state index in [1.165, 1.54) is 0 Å². The quantitative estimate of drug-likeness (QED) is 0.251. The number of fused-ring (bicyclic) bond motifs is 1. The van der Waals surface area contributed by atoms with Gasteiger partial charge in [0, 0.05) is 28.3 Å². The molecule has 7 heteroatoms. The van der Waals surface area contributed by atoms with Gasteiger partial charge < -0.3 is 9.47 Å². The third-order valence-electron chi connectivity index (χ3n) is 5.82. The summed E-state index contributed by atoms with van der Waals surface area (Å²) < 4.78 is 12.1. The summed E-state index contributed by atoms with van der Waals surface area (Å²) in [5, 5.41) is 20.1. The number of hydrogen-bond donors (Lipinski definition) is 2. The summed E-state index contributed by atoms with van der Waals surface area (Å²) in [6.45, 7) is 2.61. The molecule has 3 aromatic carbocycles. The monoisotopic (exact) mass is 479 g/mol. The highest BCUT2D eigenvalue weighted by Gasteiger charge is 2.17. The maximum atomic E-state index is 9.71. The van der Waals surface area contributed by atoms with Crippen molar-refractivity contribution in [3.05, 3.63) is 114 Å². The van der Waals surface area contributed by atoms with E-state index in [0.29, 0.717) is 35.9 Å². The van der Waals surface area contributed by atoms with Crippen LogP contribution in [0.1, 0.15) is 16.8 Å². The summed E-state index contributed by atoms with van der Waals surface area (Å²) in [7, 11) is 0. The van der Waals surface area contributed by atoms with Gasteiger partial charge in [-0.25, -0.2) is 0 Å². The molecule has 36 heavy (non-hydrogen) atoms. The molecular weight excluding hydrogens is 454 g/mol. The number of aryl methyl sites for hydroxylation is 1. The summed E-state index contributed by atoms with van der Waals surface area (Å²) in [5.41, 5.74) is 5.16. The van der Waals surface area contributed by atoms with Crippen molar-refractivity contribution < 1.29 is 19.9 Å². The first-order valence-corrected chi connectivity index (χ1v) is 11.5. The zero-order valence-corrected chi connectivity index (χ0v) is 19.7. The van der Waals surface area contributed by atoms with E-state index in [0.717, 1.165) is 27.9 Å². The molecule has 0 spiro atoms. The summed E-state index contributed by atoms with van der Waals surface area (Å²) >= 11 is 0. The van der Waals surface area contributed by atoms with Crippen LogP contribution in [-0.4, -0.2) is 20.4 Å². The molecule has 0 unspecified atom stereocenters. The van der Waals surface area contributed by atoms with Gasteiger partial charge in [-0.1, -0.05) is 66.7 Å². The maximum Gasteiger partial charge on any atom is 0.225 e. The van der Waals surface area contributed by atoms with E-state index in [1.807, 2.05) is 85.8 Å². The third-order valence-corrected chi connectivity index (χ3v) is 5.82. The molecule has 0 saturated carbocycles. The topological polar surface area (TPSA) is 87.9 Å². The van der Waals surface area contributed by atoms with Crippen molar-refractivity contribution in [2.45, 2.75) is 20.1 Å².